The first-order valence-electron chi connectivity index (χ1n) is 3.15. The van der Waals surface area contributed by atoms with Crippen molar-refractivity contribution in [2.24, 2.45) is 0 Å². The lowest BCUT2D eigenvalue weighted by Crippen LogP contribution is -1.91. The fourth-order valence-corrected chi connectivity index (χ4v) is 0.836. The molecule has 0 radical (unpaired) electrons. The highest BCUT2D eigenvalue weighted by atomic mass is 19.1. The molecule has 0 heterocycles. The van der Waals surface area contributed by atoms with Crippen molar-refractivity contribution >= 4 is 5.69 Å². The molecule has 0 aliphatic carbocycles. The maximum absolute atomic E-state index is 12.0. The van der Waals surface area contributed by atoms with Gasteiger partial charge in [-0.3, -0.25) is 0 Å². The number of alkyl halides is 1. The van der Waals surface area contributed by atoms with Crippen LogP contribution < -0.4 is 5.73 Å². The summed E-state index contributed by atoms with van der Waals surface area (Å²) in [5.41, 5.74) is 7.68. The highest BCUT2D eigenvalue weighted by molar-refractivity contribution is 5.48. The first-order chi connectivity index (χ1) is 4.74. The number of anilines is 1. The average Bonchev–Trinajstić information content (AvgIpc) is 1.88. The molecule has 0 atom stereocenters. The minimum atomic E-state index is -0.480. The Morgan fingerprint density at radius 1 is 1.50 bits per heavy atom. The largest absolute Gasteiger partial charge is 0.398 e. The summed E-state index contributed by atoms with van der Waals surface area (Å²) in [5, 5.41) is 0. The van der Waals surface area contributed by atoms with Crippen molar-refractivity contribution in [3.63, 3.8) is 0 Å². The minimum absolute atomic E-state index is 0.480. The third kappa shape index (κ3) is 1.26. The van der Waals surface area contributed by atoms with Crippen molar-refractivity contribution in [2.45, 2.75) is 13.6 Å². The molecule has 10 heavy (non-hydrogen) atoms. The molecule has 0 aromatic heterocycles. The third-order valence-corrected chi connectivity index (χ3v) is 1.45. The molecular formula is C8H10FN. The van der Waals surface area contributed by atoms with Gasteiger partial charge in [0.2, 0.25) is 0 Å². The zero-order valence-corrected chi connectivity index (χ0v) is 5.89. The van der Waals surface area contributed by atoms with Crippen molar-refractivity contribution in [2.75, 3.05) is 5.73 Å². The predicted octanol–water partition coefficient (Wildman–Crippen LogP) is 2.05. The number of rotatable bonds is 1. The molecule has 0 saturated heterocycles. The number of nitrogen functional groups attached to an aromatic ring is 1. The second-order valence-electron chi connectivity index (χ2n) is 2.34. The third-order valence-electron chi connectivity index (χ3n) is 1.45. The molecule has 0 aliphatic rings. The van der Waals surface area contributed by atoms with E-state index in [9.17, 15) is 4.39 Å². The first-order valence-corrected chi connectivity index (χ1v) is 3.15. The maximum Gasteiger partial charge on any atom is 0.116 e. The Hall–Kier alpha value is -1.05. The van der Waals surface area contributed by atoms with Crippen LogP contribution in [0.3, 0.4) is 0 Å². The Kier molecular flexibility index (Phi) is 1.90. The number of benzene rings is 1. The standard InChI is InChI=1S/C8H10FN/c1-6-2-3-7(5-9)8(10)4-6/h2-4H,5,10H2,1H3. The van der Waals surface area contributed by atoms with E-state index in [2.05, 4.69) is 0 Å². The Labute approximate surface area is 59.7 Å². The number of hydrogen-bond acceptors (Lipinski definition) is 1. The number of hydrogen-bond donors (Lipinski definition) is 1. The van der Waals surface area contributed by atoms with Gasteiger partial charge in [-0.15, -0.1) is 0 Å². The molecule has 0 fully saturated rings. The molecular weight excluding hydrogens is 129 g/mol. The van der Waals surface area contributed by atoms with E-state index >= 15 is 0 Å². The smallest absolute Gasteiger partial charge is 0.116 e. The molecule has 0 amide bonds. The molecule has 0 bridgehead atoms. The van der Waals surface area contributed by atoms with Crippen LogP contribution in [0.4, 0.5) is 10.1 Å². The molecule has 54 valence electrons. The highest BCUT2D eigenvalue weighted by Gasteiger charge is 1.96. The summed E-state index contributed by atoms with van der Waals surface area (Å²) in [4.78, 5) is 0. The lowest BCUT2D eigenvalue weighted by atomic mass is 10.1. The van der Waals surface area contributed by atoms with E-state index in [0.717, 1.165) is 5.56 Å². The van der Waals surface area contributed by atoms with E-state index in [4.69, 9.17) is 5.73 Å². The fraction of sp³-hybridized carbons (Fsp3) is 0.250. The molecule has 0 spiro atoms. The molecule has 0 unspecified atom stereocenters. The summed E-state index contributed by atoms with van der Waals surface area (Å²) in [5.74, 6) is 0. The summed E-state index contributed by atoms with van der Waals surface area (Å²) in [6.45, 7) is 1.45. The van der Waals surface area contributed by atoms with Gasteiger partial charge in [0.1, 0.15) is 6.67 Å². The van der Waals surface area contributed by atoms with Crippen molar-refractivity contribution in [3.05, 3.63) is 29.3 Å². The molecule has 1 rings (SSSR count). The van der Waals surface area contributed by atoms with Gasteiger partial charge in [0, 0.05) is 11.3 Å². The van der Waals surface area contributed by atoms with Crippen LogP contribution in [0.25, 0.3) is 0 Å². The minimum Gasteiger partial charge on any atom is -0.398 e. The zero-order valence-electron chi connectivity index (χ0n) is 5.89. The van der Waals surface area contributed by atoms with Crippen molar-refractivity contribution in [3.8, 4) is 0 Å². The molecule has 1 aromatic carbocycles. The summed E-state index contributed by atoms with van der Waals surface area (Å²) in [7, 11) is 0. The molecule has 0 aliphatic heterocycles. The number of halogens is 1. The molecule has 2 heteroatoms. The Morgan fingerprint density at radius 2 is 2.20 bits per heavy atom. The summed E-state index contributed by atoms with van der Waals surface area (Å²) >= 11 is 0. The van der Waals surface area contributed by atoms with Crippen molar-refractivity contribution < 1.29 is 4.39 Å². The van der Waals surface area contributed by atoms with E-state index in [-0.39, 0.29) is 0 Å². The van der Waals surface area contributed by atoms with Crippen LogP contribution in [-0.4, -0.2) is 0 Å². The number of aryl methyl sites for hydroxylation is 1. The lowest BCUT2D eigenvalue weighted by molar-refractivity contribution is 0.486. The van der Waals surface area contributed by atoms with Crippen molar-refractivity contribution in [1.82, 2.24) is 0 Å². The predicted molar refractivity (Wildman–Crippen MR) is 40.4 cm³/mol. The lowest BCUT2D eigenvalue weighted by Gasteiger charge is -2.00. The van der Waals surface area contributed by atoms with E-state index in [1.54, 1.807) is 12.1 Å². The van der Waals surface area contributed by atoms with Crippen LogP contribution in [0.2, 0.25) is 0 Å². The molecule has 1 nitrogen and oxygen atoms in total. The van der Waals surface area contributed by atoms with Crippen LogP contribution >= 0.6 is 0 Å². The summed E-state index contributed by atoms with van der Waals surface area (Å²) in [6.07, 6.45) is 0. The topological polar surface area (TPSA) is 26.0 Å². The highest BCUT2D eigenvalue weighted by Crippen LogP contribution is 2.14. The summed E-state index contributed by atoms with van der Waals surface area (Å²) in [6, 6.07) is 5.34. The van der Waals surface area contributed by atoms with Gasteiger partial charge in [-0.05, 0) is 18.6 Å². The van der Waals surface area contributed by atoms with Gasteiger partial charge in [-0.1, -0.05) is 12.1 Å². The number of nitrogens with two attached hydrogens (primary N) is 1. The van der Waals surface area contributed by atoms with Gasteiger partial charge in [0.25, 0.3) is 0 Å². The van der Waals surface area contributed by atoms with E-state index in [1.807, 2.05) is 13.0 Å². The van der Waals surface area contributed by atoms with Gasteiger partial charge in [-0.2, -0.15) is 0 Å². The van der Waals surface area contributed by atoms with Crippen LogP contribution in [0.5, 0.6) is 0 Å². The Bertz CT molecular complexity index is 233. The molecule has 2 N–H and O–H groups in total. The monoisotopic (exact) mass is 139 g/mol. The van der Waals surface area contributed by atoms with Crippen molar-refractivity contribution in [1.29, 1.82) is 0 Å². The van der Waals surface area contributed by atoms with Crippen LogP contribution in [-0.2, 0) is 6.67 Å². The van der Waals surface area contributed by atoms with E-state index < -0.39 is 6.67 Å². The quantitative estimate of drug-likeness (QED) is 0.592. The molecule has 0 saturated carbocycles. The van der Waals surface area contributed by atoms with Crippen LogP contribution in [0, 0.1) is 6.92 Å². The Morgan fingerprint density at radius 3 is 2.70 bits per heavy atom. The summed E-state index contributed by atoms with van der Waals surface area (Å²) < 4.78 is 12.0. The van der Waals surface area contributed by atoms with E-state index in [0.29, 0.717) is 11.3 Å². The average molecular weight is 139 g/mol. The van der Waals surface area contributed by atoms with Crippen LogP contribution in [0.1, 0.15) is 11.1 Å². The normalized spacial score (nSPS) is 9.80. The van der Waals surface area contributed by atoms with Gasteiger partial charge in [-0.25, -0.2) is 4.39 Å². The van der Waals surface area contributed by atoms with Gasteiger partial charge in [0.05, 0.1) is 0 Å². The second kappa shape index (κ2) is 2.69. The Balaban J connectivity index is 3.07. The maximum atomic E-state index is 12.0. The SMILES string of the molecule is Cc1ccc(CF)c(N)c1. The van der Waals surface area contributed by atoms with Gasteiger partial charge in [0.15, 0.2) is 0 Å². The van der Waals surface area contributed by atoms with E-state index in [1.165, 1.54) is 0 Å². The first kappa shape index (κ1) is 7.06. The van der Waals surface area contributed by atoms with Crippen LogP contribution in [0.15, 0.2) is 18.2 Å². The second-order valence-corrected chi connectivity index (χ2v) is 2.34. The zero-order chi connectivity index (χ0) is 7.56. The van der Waals surface area contributed by atoms with Gasteiger partial charge < -0.3 is 5.73 Å². The molecule has 1 aromatic rings. The van der Waals surface area contributed by atoms with Gasteiger partial charge >= 0.3 is 0 Å². The fourth-order valence-electron chi connectivity index (χ4n) is 0.836.